The Labute approximate surface area is 220 Å². The highest BCUT2D eigenvalue weighted by molar-refractivity contribution is 5.88. The molecular weight excluding hydrogens is 472 g/mol. The van der Waals surface area contributed by atoms with Gasteiger partial charge < -0.3 is 19.4 Å². The maximum absolute atomic E-state index is 13.5. The maximum atomic E-state index is 13.5. The molecular formula is C28H42N4O5. The van der Waals surface area contributed by atoms with E-state index in [-0.39, 0.29) is 24.0 Å². The molecule has 1 aromatic carbocycles. The molecule has 2 unspecified atom stereocenters. The summed E-state index contributed by atoms with van der Waals surface area (Å²) in [6, 6.07) is 8.61. The van der Waals surface area contributed by atoms with Crippen molar-refractivity contribution in [3.63, 3.8) is 0 Å². The number of hydrogen-bond acceptors (Lipinski definition) is 6. The average molecular weight is 515 g/mol. The van der Waals surface area contributed by atoms with E-state index in [1.165, 1.54) is 10.5 Å². The Morgan fingerprint density at radius 3 is 2.11 bits per heavy atom. The number of amides is 3. The summed E-state index contributed by atoms with van der Waals surface area (Å²) in [5.74, 6) is -2.11. The Morgan fingerprint density at radius 2 is 1.51 bits per heavy atom. The summed E-state index contributed by atoms with van der Waals surface area (Å²) < 4.78 is 5.68. The van der Waals surface area contributed by atoms with Crippen LogP contribution in [-0.4, -0.2) is 78.3 Å². The zero-order valence-corrected chi connectivity index (χ0v) is 22.4. The van der Waals surface area contributed by atoms with Crippen molar-refractivity contribution < 1.29 is 24.3 Å². The second kappa shape index (κ2) is 11.7. The highest BCUT2D eigenvalue weighted by Crippen LogP contribution is 2.30. The van der Waals surface area contributed by atoms with Gasteiger partial charge >= 0.3 is 6.09 Å². The standard InChI is InChI=1S/C28H42N4O5/c1-28(2,3)20-9-11-21(12-10-20)30-15-17-31(18-16-30)26(34)23-13-14-32(19-24(23)25(33)29-36)27(35)37-22-7-5-4-6-8-22/h9-12,22-24,36H,4-8,13-19H2,1-3H3,(H,29,33). The minimum absolute atomic E-state index is 0.0639. The first-order chi connectivity index (χ1) is 17.7. The van der Waals surface area contributed by atoms with Gasteiger partial charge in [0.2, 0.25) is 11.8 Å². The molecule has 9 heteroatoms. The number of nitrogens with zero attached hydrogens (tertiary/aromatic N) is 3. The van der Waals surface area contributed by atoms with Crippen molar-refractivity contribution in [3.05, 3.63) is 29.8 Å². The quantitative estimate of drug-likeness (QED) is 0.471. The number of hydroxylamine groups is 1. The second-order valence-corrected chi connectivity index (χ2v) is 11.7. The van der Waals surface area contributed by atoms with E-state index in [1.54, 1.807) is 5.48 Å². The van der Waals surface area contributed by atoms with Crippen LogP contribution in [-0.2, 0) is 19.7 Å². The van der Waals surface area contributed by atoms with Gasteiger partial charge in [-0.3, -0.25) is 14.8 Å². The lowest BCUT2D eigenvalue weighted by atomic mass is 9.83. The molecule has 1 aliphatic carbocycles. The van der Waals surface area contributed by atoms with Crippen LogP contribution in [0.3, 0.4) is 0 Å². The van der Waals surface area contributed by atoms with Crippen LogP contribution >= 0.6 is 0 Å². The van der Waals surface area contributed by atoms with Gasteiger partial charge in [0.05, 0.1) is 11.8 Å². The van der Waals surface area contributed by atoms with Crippen LogP contribution in [0, 0.1) is 11.8 Å². The van der Waals surface area contributed by atoms with Crippen molar-refractivity contribution in [3.8, 4) is 0 Å². The minimum atomic E-state index is -0.812. The molecule has 2 saturated heterocycles. The largest absolute Gasteiger partial charge is 0.446 e. The predicted octanol–water partition coefficient (Wildman–Crippen LogP) is 3.55. The Balaban J connectivity index is 1.34. The van der Waals surface area contributed by atoms with Crippen molar-refractivity contribution in [1.29, 1.82) is 0 Å². The number of likely N-dealkylation sites (tertiary alicyclic amines) is 1. The molecule has 0 spiro atoms. The molecule has 0 aromatic heterocycles. The highest BCUT2D eigenvalue weighted by Gasteiger charge is 2.42. The van der Waals surface area contributed by atoms with Gasteiger partial charge in [-0.1, -0.05) is 39.3 Å². The van der Waals surface area contributed by atoms with Gasteiger partial charge in [0, 0.05) is 45.0 Å². The van der Waals surface area contributed by atoms with Crippen molar-refractivity contribution in [2.24, 2.45) is 11.8 Å². The van der Waals surface area contributed by atoms with Crippen LogP contribution in [0.5, 0.6) is 0 Å². The smallest absolute Gasteiger partial charge is 0.410 e. The summed E-state index contributed by atoms with van der Waals surface area (Å²) in [6.07, 6.45) is 4.87. The molecule has 4 rings (SSSR count). The van der Waals surface area contributed by atoms with Crippen molar-refractivity contribution in [2.75, 3.05) is 44.2 Å². The number of nitrogens with one attached hydrogen (secondary N) is 1. The van der Waals surface area contributed by atoms with E-state index in [1.807, 2.05) is 4.90 Å². The van der Waals surface area contributed by atoms with Crippen LogP contribution in [0.2, 0.25) is 0 Å². The van der Waals surface area contributed by atoms with Crippen LogP contribution < -0.4 is 10.4 Å². The molecule has 3 fully saturated rings. The first kappa shape index (κ1) is 27.2. The third-order valence-corrected chi connectivity index (χ3v) is 8.14. The predicted molar refractivity (Wildman–Crippen MR) is 140 cm³/mol. The number of ether oxygens (including phenoxy) is 1. The van der Waals surface area contributed by atoms with E-state index in [0.29, 0.717) is 39.1 Å². The van der Waals surface area contributed by atoms with Gasteiger partial charge in [-0.25, -0.2) is 10.3 Å². The van der Waals surface area contributed by atoms with Crippen molar-refractivity contribution in [2.45, 2.75) is 70.8 Å². The third kappa shape index (κ3) is 6.55. The highest BCUT2D eigenvalue weighted by atomic mass is 16.6. The molecule has 0 bridgehead atoms. The summed E-state index contributed by atoms with van der Waals surface area (Å²) in [6.45, 7) is 9.57. The lowest BCUT2D eigenvalue weighted by Crippen LogP contribution is -2.56. The fourth-order valence-electron chi connectivity index (χ4n) is 5.75. The zero-order chi connectivity index (χ0) is 26.6. The van der Waals surface area contributed by atoms with Gasteiger partial charge in [0.1, 0.15) is 6.10 Å². The van der Waals surface area contributed by atoms with Crippen molar-refractivity contribution in [1.82, 2.24) is 15.3 Å². The van der Waals surface area contributed by atoms with Gasteiger partial charge in [-0.15, -0.1) is 0 Å². The summed E-state index contributed by atoms with van der Waals surface area (Å²) in [5.41, 5.74) is 4.24. The number of piperazine rings is 1. The molecule has 9 nitrogen and oxygen atoms in total. The van der Waals surface area contributed by atoms with Crippen molar-refractivity contribution >= 4 is 23.6 Å². The number of hydrogen-bond donors (Lipinski definition) is 2. The Hall–Kier alpha value is -2.81. The molecule has 2 N–H and O–H groups in total. The van der Waals surface area contributed by atoms with E-state index in [9.17, 15) is 19.6 Å². The fourth-order valence-corrected chi connectivity index (χ4v) is 5.75. The number of anilines is 1. The first-order valence-corrected chi connectivity index (χ1v) is 13.7. The molecule has 3 amide bonds. The van der Waals surface area contributed by atoms with Gasteiger partial charge in [0.15, 0.2) is 0 Å². The second-order valence-electron chi connectivity index (χ2n) is 11.7. The first-order valence-electron chi connectivity index (χ1n) is 13.7. The normalized spacial score (nSPS) is 23.5. The van der Waals surface area contributed by atoms with Crippen LogP contribution in [0.1, 0.15) is 64.9 Å². The fraction of sp³-hybridized carbons (Fsp3) is 0.679. The van der Waals surface area contributed by atoms with E-state index in [4.69, 9.17) is 4.74 Å². The number of carbonyl (C=O) groups excluding carboxylic acids is 3. The molecule has 2 atom stereocenters. The van der Waals surface area contributed by atoms with Gasteiger partial charge in [-0.2, -0.15) is 0 Å². The van der Waals surface area contributed by atoms with Gasteiger partial charge in [-0.05, 0) is 55.2 Å². The number of carbonyl (C=O) groups is 3. The summed E-state index contributed by atoms with van der Waals surface area (Å²) >= 11 is 0. The number of rotatable bonds is 4. The lowest BCUT2D eigenvalue weighted by molar-refractivity contribution is -0.148. The minimum Gasteiger partial charge on any atom is -0.446 e. The molecule has 2 aliphatic heterocycles. The molecule has 37 heavy (non-hydrogen) atoms. The Bertz CT molecular complexity index is 946. The summed E-state index contributed by atoms with van der Waals surface area (Å²) in [7, 11) is 0. The van der Waals surface area contributed by atoms with Crippen LogP contribution in [0.15, 0.2) is 24.3 Å². The van der Waals surface area contributed by atoms with Crippen LogP contribution in [0.4, 0.5) is 10.5 Å². The van der Waals surface area contributed by atoms with E-state index < -0.39 is 23.8 Å². The molecule has 1 aromatic rings. The zero-order valence-electron chi connectivity index (χ0n) is 22.4. The molecule has 2 heterocycles. The molecule has 1 saturated carbocycles. The molecule has 0 radical (unpaired) electrons. The van der Waals surface area contributed by atoms with Crippen LogP contribution in [0.25, 0.3) is 0 Å². The SMILES string of the molecule is CC(C)(C)c1ccc(N2CCN(C(=O)C3CCN(C(=O)OC4CCCCC4)CC3C(=O)NO)CC2)cc1. The van der Waals surface area contributed by atoms with E-state index in [0.717, 1.165) is 37.8 Å². The maximum Gasteiger partial charge on any atom is 0.410 e. The monoisotopic (exact) mass is 514 g/mol. The van der Waals surface area contributed by atoms with Gasteiger partial charge in [0.25, 0.3) is 0 Å². The van der Waals surface area contributed by atoms with E-state index in [2.05, 4.69) is 49.9 Å². The number of piperidine rings is 1. The number of benzene rings is 1. The molecule has 204 valence electrons. The molecule has 3 aliphatic rings. The third-order valence-electron chi connectivity index (χ3n) is 8.14. The summed E-state index contributed by atoms with van der Waals surface area (Å²) in [4.78, 5) is 44.4. The summed E-state index contributed by atoms with van der Waals surface area (Å²) in [5, 5.41) is 9.35. The Morgan fingerprint density at radius 1 is 0.865 bits per heavy atom. The lowest BCUT2D eigenvalue weighted by Gasteiger charge is -2.41. The average Bonchev–Trinajstić information content (AvgIpc) is 2.92. The Kier molecular flexibility index (Phi) is 8.62. The van der Waals surface area contributed by atoms with E-state index >= 15 is 0 Å². The topological polar surface area (TPSA) is 102 Å².